The molecular formula is C15H15N3O2S2. The second-order valence-corrected chi connectivity index (χ2v) is 7.68. The third kappa shape index (κ3) is 1.96. The molecule has 0 bridgehead atoms. The quantitative estimate of drug-likeness (QED) is 0.619. The minimum atomic E-state index is -0.222. The number of aryl methyl sites for hydroxylation is 1. The summed E-state index contributed by atoms with van der Waals surface area (Å²) in [4.78, 5) is 23.5. The normalized spacial score (nSPS) is 17.0. The molecule has 0 unspecified atom stereocenters. The van der Waals surface area contributed by atoms with Gasteiger partial charge in [0.1, 0.15) is 9.53 Å². The Hall–Kier alpha value is -1.57. The van der Waals surface area contributed by atoms with E-state index in [-0.39, 0.29) is 11.2 Å². The molecule has 4 rings (SSSR count). The molecule has 1 aliphatic heterocycles. The SMILES string of the molecule is Cc1nc2sc3c(=O)[nH]c(=S)[nH]c3c2c2c1COC(C)(C)C2. The van der Waals surface area contributed by atoms with Crippen molar-refractivity contribution in [3.8, 4) is 0 Å². The zero-order chi connectivity index (χ0) is 15.6. The number of thiophene rings is 1. The van der Waals surface area contributed by atoms with E-state index < -0.39 is 0 Å². The number of hydrogen-bond donors (Lipinski definition) is 2. The number of pyridine rings is 1. The monoisotopic (exact) mass is 333 g/mol. The van der Waals surface area contributed by atoms with Crippen molar-refractivity contribution in [1.82, 2.24) is 15.0 Å². The van der Waals surface area contributed by atoms with Gasteiger partial charge in [0.05, 0.1) is 17.7 Å². The molecule has 3 aromatic rings. The summed E-state index contributed by atoms with van der Waals surface area (Å²) >= 11 is 6.54. The van der Waals surface area contributed by atoms with Crippen LogP contribution in [0.2, 0.25) is 0 Å². The third-order valence-electron chi connectivity index (χ3n) is 4.14. The van der Waals surface area contributed by atoms with Gasteiger partial charge in [-0.1, -0.05) is 0 Å². The van der Waals surface area contributed by atoms with Crippen LogP contribution in [0.1, 0.15) is 30.7 Å². The Kier molecular flexibility index (Phi) is 2.85. The van der Waals surface area contributed by atoms with Crippen molar-refractivity contribution in [2.45, 2.75) is 39.4 Å². The largest absolute Gasteiger partial charge is 0.370 e. The summed E-state index contributed by atoms with van der Waals surface area (Å²) in [6.07, 6.45) is 0.793. The lowest BCUT2D eigenvalue weighted by molar-refractivity contribution is -0.0400. The summed E-state index contributed by atoms with van der Waals surface area (Å²) in [5.74, 6) is 0. The highest BCUT2D eigenvalue weighted by atomic mass is 32.1. The molecule has 0 spiro atoms. The minimum absolute atomic E-state index is 0.153. The number of aromatic amines is 2. The lowest BCUT2D eigenvalue weighted by Crippen LogP contribution is -2.32. The molecule has 22 heavy (non-hydrogen) atoms. The maximum Gasteiger partial charge on any atom is 0.269 e. The summed E-state index contributed by atoms with van der Waals surface area (Å²) in [7, 11) is 0. The molecule has 0 atom stereocenters. The van der Waals surface area contributed by atoms with Crippen LogP contribution < -0.4 is 5.56 Å². The van der Waals surface area contributed by atoms with Gasteiger partial charge in [-0.25, -0.2) is 4.98 Å². The molecule has 0 aromatic carbocycles. The summed E-state index contributed by atoms with van der Waals surface area (Å²) in [5, 5.41) is 1.02. The van der Waals surface area contributed by atoms with Crippen LogP contribution in [-0.4, -0.2) is 20.6 Å². The van der Waals surface area contributed by atoms with Gasteiger partial charge in [-0.2, -0.15) is 0 Å². The predicted octanol–water partition coefficient (Wildman–Crippen LogP) is 3.36. The average Bonchev–Trinajstić information content (AvgIpc) is 2.76. The van der Waals surface area contributed by atoms with Crippen molar-refractivity contribution >= 4 is 44.0 Å². The van der Waals surface area contributed by atoms with E-state index in [1.807, 2.05) is 6.92 Å². The predicted molar refractivity (Wildman–Crippen MR) is 90.2 cm³/mol. The van der Waals surface area contributed by atoms with Gasteiger partial charge in [-0.05, 0) is 38.6 Å². The first-order valence-corrected chi connectivity index (χ1v) is 8.29. The van der Waals surface area contributed by atoms with E-state index in [0.29, 0.717) is 16.1 Å². The van der Waals surface area contributed by atoms with E-state index in [2.05, 4.69) is 28.8 Å². The Morgan fingerprint density at radius 1 is 1.32 bits per heavy atom. The van der Waals surface area contributed by atoms with Crippen LogP contribution in [-0.2, 0) is 17.8 Å². The Balaban J connectivity index is 2.22. The summed E-state index contributed by atoms with van der Waals surface area (Å²) in [5.41, 5.74) is 3.75. The van der Waals surface area contributed by atoms with Crippen molar-refractivity contribution in [3.63, 3.8) is 0 Å². The van der Waals surface area contributed by atoms with Crippen molar-refractivity contribution in [2.24, 2.45) is 0 Å². The summed E-state index contributed by atoms with van der Waals surface area (Å²) in [6, 6.07) is 0. The second-order valence-electron chi connectivity index (χ2n) is 6.27. The van der Waals surface area contributed by atoms with Crippen LogP contribution in [0, 0.1) is 11.7 Å². The Morgan fingerprint density at radius 3 is 2.86 bits per heavy atom. The fraction of sp³-hybridized carbons (Fsp3) is 0.400. The van der Waals surface area contributed by atoms with Gasteiger partial charge in [-0.3, -0.25) is 9.78 Å². The molecule has 0 fully saturated rings. The fourth-order valence-corrected chi connectivity index (χ4v) is 4.38. The first kappa shape index (κ1) is 14.0. The van der Waals surface area contributed by atoms with E-state index in [1.54, 1.807) is 0 Å². The smallest absolute Gasteiger partial charge is 0.269 e. The first-order chi connectivity index (χ1) is 10.4. The highest BCUT2D eigenvalue weighted by Gasteiger charge is 2.30. The van der Waals surface area contributed by atoms with Crippen molar-refractivity contribution in [3.05, 3.63) is 31.9 Å². The number of aromatic nitrogens is 3. The Labute approximate surface area is 135 Å². The molecule has 0 aliphatic carbocycles. The number of hydrogen-bond acceptors (Lipinski definition) is 5. The van der Waals surface area contributed by atoms with Gasteiger partial charge >= 0.3 is 0 Å². The molecule has 3 aromatic heterocycles. The van der Waals surface area contributed by atoms with E-state index in [1.165, 1.54) is 16.9 Å². The first-order valence-electron chi connectivity index (χ1n) is 7.07. The summed E-state index contributed by atoms with van der Waals surface area (Å²) in [6.45, 7) is 6.72. The van der Waals surface area contributed by atoms with Crippen LogP contribution in [0.15, 0.2) is 4.79 Å². The Morgan fingerprint density at radius 2 is 2.09 bits per heavy atom. The topological polar surface area (TPSA) is 70.8 Å². The number of nitrogens with one attached hydrogen (secondary N) is 2. The molecule has 114 valence electrons. The standard InChI is InChI=1S/C15H15N3O2S2/c1-6-8-5-20-15(2,3)4-7(8)9-10-11(22-13(9)16-6)12(19)18-14(21)17-10/h4-5H2,1-3H3,(H2,17,18,19,21). The van der Waals surface area contributed by atoms with Gasteiger partial charge in [0.25, 0.3) is 5.56 Å². The summed E-state index contributed by atoms with van der Waals surface area (Å²) < 4.78 is 6.91. The van der Waals surface area contributed by atoms with E-state index in [0.717, 1.165) is 33.4 Å². The molecule has 2 N–H and O–H groups in total. The lowest BCUT2D eigenvalue weighted by atomic mass is 9.89. The molecule has 0 saturated carbocycles. The van der Waals surface area contributed by atoms with Crippen LogP contribution in [0.5, 0.6) is 0 Å². The number of fused-ring (bicyclic) bond motifs is 5. The van der Waals surface area contributed by atoms with E-state index in [4.69, 9.17) is 17.0 Å². The Bertz CT molecular complexity index is 1040. The van der Waals surface area contributed by atoms with Gasteiger partial charge < -0.3 is 9.72 Å². The van der Waals surface area contributed by atoms with E-state index in [9.17, 15) is 4.79 Å². The van der Waals surface area contributed by atoms with Crippen LogP contribution in [0.3, 0.4) is 0 Å². The van der Waals surface area contributed by atoms with E-state index >= 15 is 0 Å². The lowest BCUT2D eigenvalue weighted by Gasteiger charge is -2.32. The van der Waals surface area contributed by atoms with Gasteiger partial charge in [0.2, 0.25) is 0 Å². The average molecular weight is 333 g/mol. The fourth-order valence-electron chi connectivity index (χ4n) is 3.08. The molecule has 1 aliphatic rings. The third-order valence-corrected chi connectivity index (χ3v) is 5.43. The molecule has 5 nitrogen and oxygen atoms in total. The number of ether oxygens (including phenoxy) is 1. The van der Waals surface area contributed by atoms with Gasteiger partial charge in [-0.15, -0.1) is 11.3 Å². The number of rotatable bonds is 0. The second kappa shape index (κ2) is 4.47. The molecule has 7 heteroatoms. The molecule has 0 radical (unpaired) electrons. The maximum absolute atomic E-state index is 12.2. The zero-order valence-corrected chi connectivity index (χ0v) is 14.1. The molecule has 0 saturated heterocycles. The highest BCUT2D eigenvalue weighted by Crippen LogP contribution is 2.39. The highest BCUT2D eigenvalue weighted by molar-refractivity contribution is 7.71. The van der Waals surface area contributed by atoms with Gasteiger partial charge in [0, 0.05) is 23.1 Å². The van der Waals surface area contributed by atoms with Crippen LogP contribution >= 0.6 is 23.6 Å². The maximum atomic E-state index is 12.2. The number of H-pyrrole nitrogens is 2. The van der Waals surface area contributed by atoms with Crippen LogP contribution in [0.25, 0.3) is 20.4 Å². The minimum Gasteiger partial charge on any atom is -0.370 e. The molecule has 4 heterocycles. The molecule has 0 amide bonds. The zero-order valence-electron chi connectivity index (χ0n) is 12.5. The van der Waals surface area contributed by atoms with Gasteiger partial charge in [0.15, 0.2) is 4.77 Å². The van der Waals surface area contributed by atoms with Crippen molar-refractivity contribution in [1.29, 1.82) is 0 Å². The van der Waals surface area contributed by atoms with Crippen molar-refractivity contribution < 1.29 is 4.74 Å². The van der Waals surface area contributed by atoms with Crippen LogP contribution in [0.4, 0.5) is 0 Å². The van der Waals surface area contributed by atoms with Crippen molar-refractivity contribution in [2.75, 3.05) is 0 Å². The molecular weight excluding hydrogens is 318 g/mol. The number of nitrogens with zero attached hydrogens (tertiary/aromatic N) is 1.